The molecule has 8 heteroatoms. The fraction of sp³-hybridized carbons (Fsp3) is 0.355. The van der Waals surface area contributed by atoms with Crippen molar-refractivity contribution in [2.24, 2.45) is 5.92 Å². The minimum Gasteiger partial charge on any atom is -0.354 e. The molecule has 1 aliphatic heterocycles. The Hall–Kier alpha value is -3.39. The third-order valence-electron chi connectivity index (χ3n) is 7.78. The van der Waals surface area contributed by atoms with Crippen LogP contribution in [0.4, 0.5) is 11.4 Å². The maximum atomic E-state index is 12.9. The van der Waals surface area contributed by atoms with Crippen LogP contribution in [0.25, 0.3) is 16.6 Å². The van der Waals surface area contributed by atoms with Gasteiger partial charge in [0.05, 0.1) is 28.1 Å². The van der Waals surface area contributed by atoms with Crippen molar-refractivity contribution in [1.82, 2.24) is 24.9 Å². The molecule has 4 aromatic rings. The molecule has 2 heterocycles. The van der Waals surface area contributed by atoms with E-state index in [1.807, 2.05) is 72.4 Å². The Kier molecular flexibility index (Phi) is 7.55. The number of piperazine rings is 1. The van der Waals surface area contributed by atoms with Gasteiger partial charge in [0.15, 0.2) is 0 Å². The molecule has 7 nitrogen and oxygen atoms in total. The second kappa shape index (κ2) is 11.4. The third-order valence-corrected chi connectivity index (χ3v) is 8.29. The number of carbonyl (C=O) groups excluding carboxylic acids is 1. The number of rotatable bonds is 9. The first-order chi connectivity index (χ1) is 19.0. The number of anilines is 2. The first-order valence-electron chi connectivity index (χ1n) is 13.9. The van der Waals surface area contributed by atoms with E-state index in [4.69, 9.17) is 11.6 Å². The van der Waals surface area contributed by atoms with E-state index < -0.39 is 0 Å². The van der Waals surface area contributed by atoms with Crippen LogP contribution in [0.2, 0.25) is 5.02 Å². The van der Waals surface area contributed by atoms with Gasteiger partial charge in [-0.1, -0.05) is 29.8 Å². The summed E-state index contributed by atoms with van der Waals surface area (Å²) in [5.74, 6) is 0.895. The Labute approximate surface area is 234 Å². The highest BCUT2D eigenvalue weighted by Crippen LogP contribution is 2.31. The number of aromatic nitrogens is 2. The van der Waals surface area contributed by atoms with Gasteiger partial charge in [-0.2, -0.15) is 5.10 Å². The number of benzene rings is 3. The quantitative estimate of drug-likeness (QED) is 0.293. The van der Waals surface area contributed by atoms with Gasteiger partial charge >= 0.3 is 0 Å². The second-order valence-corrected chi connectivity index (χ2v) is 11.2. The summed E-state index contributed by atoms with van der Waals surface area (Å²) in [5, 5.41) is 12.8. The van der Waals surface area contributed by atoms with Crippen molar-refractivity contribution in [3.05, 3.63) is 83.0 Å². The van der Waals surface area contributed by atoms with Gasteiger partial charge < -0.3 is 15.5 Å². The molecule has 0 spiro atoms. The van der Waals surface area contributed by atoms with Gasteiger partial charge in [-0.05, 0) is 73.7 Å². The van der Waals surface area contributed by atoms with Gasteiger partial charge in [-0.25, -0.2) is 4.68 Å². The molecule has 1 amide bonds. The van der Waals surface area contributed by atoms with Crippen LogP contribution in [-0.4, -0.2) is 71.3 Å². The Bertz CT molecular complexity index is 1470. The molecule has 6 rings (SSSR count). The van der Waals surface area contributed by atoms with E-state index in [-0.39, 0.29) is 5.91 Å². The summed E-state index contributed by atoms with van der Waals surface area (Å²) >= 11 is 6.46. The van der Waals surface area contributed by atoms with Crippen LogP contribution in [0.1, 0.15) is 28.8 Å². The van der Waals surface area contributed by atoms with Crippen molar-refractivity contribution in [1.29, 1.82) is 0 Å². The lowest BCUT2D eigenvalue weighted by Crippen LogP contribution is -2.48. The zero-order valence-corrected chi connectivity index (χ0v) is 23.1. The largest absolute Gasteiger partial charge is 0.354 e. The molecule has 1 aromatic heterocycles. The number of amides is 1. The maximum Gasteiger partial charge on any atom is 0.251 e. The predicted octanol–water partition coefficient (Wildman–Crippen LogP) is 5.49. The summed E-state index contributed by atoms with van der Waals surface area (Å²) < 4.78 is 1.87. The molecule has 3 aromatic carbocycles. The molecule has 2 N–H and O–H groups in total. The Morgan fingerprint density at radius 2 is 1.79 bits per heavy atom. The summed E-state index contributed by atoms with van der Waals surface area (Å²) in [6.45, 7) is 9.25. The molecule has 202 valence electrons. The van der Waals surface area contributed by atoms with Crippen molar-refractivity contribution in [3.8, 4) is 5.69 Å². The van der Waals surface area contributed by atoms with E-state index in [1.165, 1.54) is 19.4 Å². The molecule has 2 fully saturated rings. The summed E-state index contributed by atoms with van der Waals surface area (Å²) in [4.78, 5) is 18.0. The number of fused-ring (bicyclic) bond motifs is 1. The summed E-state index contributed by atoms with van der Waals surface area (Å²) in [6, 6.07) is 19.7. The number of halogens is 1. The van der Waals surface area contributed by atoms with E-state index in [2.05, 4.69) is 31.6 Å². The number of hydrogen-bond donors (Lipinski definition) is 2. The lowest BCUT2D eigenvalue weighted by molar-refractivity contribution is 0.0935. The minimum absolute atomic E-state index is 0.0535. The molecule has 2 aliphatic rings. The second-order valence-electron chi connectivity index (χ2n) is 10.8. The zero-order valence-electron chi connectivity index (χ0n) is 22.4. The van der Waals surface area contributed by atoms with Crippen molar-refractivity contribution in [2.45, 2.75) is 19.8 Å². The van der Waals surface area contributed by atoms with Crippen LogP contribution >= 0.6 is 11.6 Å². The molecule has 1 saturated heterocycles. The van der Waals surface area contributed by atoms with Gasteiger partial charge in [0.2, 0.25) is 0 Å². The van der Waals surface area contributed by atoms with Gasteiger partial charge in [0, 0.05) is 62.5 Å². The van der Waals surface area contributed by atoms with Crippen LogP contribution < -0.4 is 10.6 Å². The average Bonchev–Trinajstić information content (AvgIpc) is 3.67. The predicted molar refractivity (Wildman–Crippen MR) is 158 cm³/mol. The standard InChI is InChI=1S/C31H35ClN6O/c1-22-4-2-7-28(30(22)32)35-26-10-11-29-25(18-26)20-34-38(29)27-6-3-5-24(19-27)31(39)33-12-13-36-14-16-37(17-15-36)21-23-8-9-23/h2-7,10-11,18-20,23,35H,8-9,12-17,21H2,1H3,(H,33,39). The van der Waals surface area contributed by atoms with Crippen molar-refractivity contribution in [3.63, 3.8) is 0 Å². The topological polar surface area (TPSA) is 65.4 Å². The molecule has 0 bridgehead atoms. The van der Waals surface area contributed by atoms with Crippen molar-refractivity contribution >= 4 is 39.8 Å². The van der Waals surface area contributed by atoms with E-state index in [1.54, 1.807) is 0 Å². The maximum absolute atomic E-state index is 12.9. The van der Waals surface area contributed by atoms with Crippen molar-refractivity contribution in [2.75, 3.05) is 51.1 Å². The molecule has 0 unspecified atom stereocenters. The number of nitrogens with one attached hydrogen (secondary N) is 2. The number of carbonyl (C=O) groups is 1. The van der Waals surface area contributed by atoms with Crippen LogP contribution in [0.15, 0.2) is 66.9 Å². The zero-order chi connectivity index (χ0) is 26.8. The van der Waals surface area contributed by atoms with Crippen LogP contribution in [0.5, 0.6) is 0 Å². The summed E-state index contributed by atoms with van der Waals surface area (Å²) in [7, 11) is 0. The Morgan fingerprint density at radius 1 is 1.00 bits per heavy atom. The monoisotopic (exact) mass is 542 g/mol. The Morgan fingerprint density at radius 3 is 2.62 bits per heavy atom. The Balaban J connectivity index is 1.07. The number of aryl methyl sites for hydroxylation is 1. The molecular weight excluding hydrogens is 508 g/mol. The lowest BCUT2D eigenvalue weighted by atomic mass is 10.1. The fourth-order valence-electron chi connectivity index (χ4n) is 5.29. The smallest absolute Gasteiger partial charge is 0.251 e. The number of hydrogen-bond acceptors (Lipinski definition) is 5. The van der Waals surface area contributed by atoms with Gasteiger partial charge in [0.1, 0.15) is 0 Å². The normalized spacial score (nSPS) is 16.5. The highest BCUT2D eigenvalue weighted by atomic mass is 35.5. The highest BCUT2D eigenvalue weighted by Gasteiger charge is 2.26. The number of nitrogens with zero attached hydrogens (tertiary/aromatic N) is 4. The summed E-state index contributed by atoms with van der Waals surface area (Å²) in [6.07, 6.45) is 4.66. The SMILES string of the molecule is Cc1cccc(Nc2ccc3c(cnn3-c3cccc(C(=O)NCCN4CCN(CC5CC5)CC4)c3)c2)c1Cl. The molecule has 1 saturated carbocycles. The van der Waals surface area contributed by atoms with Crippen LogP contribution in [0.3, 0.4) is 0 Å². The van der Waals surface area contributed by atoms with Crippen LogP contribution in [-0.2, 0) is 0 Å². The fourth-order valence-corrected chi connectivity index (χ4v) is 5.46. The van der Waals surface area contributed by atoms with E-state index >= 15 is 0 Å². The van der Waals surface area contributed by atoms with E-state index in [9.17, 15) is 4.79 Å². The first-order valence-corrected chi connectivity index (χ1v) is 14.2. The van der Waals surface area contributed by atoms with E-state index in [0.29, 0.717) is 12.1 Å². The minimum atomic E-state index is -0.0535. The molecule has 1 aliphatic carbocycles. The average molecular weight is 543 g/mol. The summed E-state index contributed by atoms with van der Waals surface area (Å²) in [5.41, 5.74) is 5.30. The lowest BCUT2D eigenvalue weighted by Gasteiger charge is -2.34. The van der Waals surface area contributed by atoms with E-state index in [0.717, 1.165) is 77.2 Å². The third kappa shape index (κ3) is 6.11. The van der Waals surface area contributed by atoms with Gasteiger partial charge in [0.25, 0.3) is 5.91 Å². The van der Waals surface area contributed by atoms with Gasteiger partial charge in [-0.3, -0.25) is 9.69 Å². The molecule has 39 heavy (non-hydrogen) atoms. The van der Waals surface area contributed by atoms with Crippen LogP contribution in [0, 0.1) is 12.8 Å². The highest BCUT2D eigenvalue weighted by molar-refractivity contribution is 6.34. The van der Waals surface area contributed by atoms with Crippen molar-refractivity contribution < 1.29 is 4.79 Å². The molecule has 0 radical (unpaired) electrons. The van der Waals surface area contributed by atoms with Gasteiger partial charge in [-0.15, -0.1) is 0 Å². The molecular formula is C31H35ClN6O. The first kappa shape index (κ1) is 25.9. The molecule has 0 atom stereocenters.